The third-order valence-corrected chi connectivity index (χ3v) is 10.0. The van der Waals surface area contributed by atoms with Gasteiger partial charge in [-0.25, -0.2) is 0 Å². The van der Waals surface area contributed by atoms with Crippen LogP contribution in [0.3, 0.4) is 0 Å². The molecule has 0 radical (unpaired) electrons. The van der Waals surface area contributed by atoms with Gasteiger partial charge in [-0.3, -0.25) is 4.98 Å². The summed E-state index contributed by atoms with van der Waals surface area (Å²) in [6, 6.07) is 26.0. The fraction of sp³-hybridized carbons (Fsp3) is 0.216. The zero-order chi connectivity index (χ0) is 29.1. The van der Waals surface area contributed by atoms with Crippen molar-refractivity contribution in [3.63, 3.8) is 0 Å². The molecule has 5 nitrogen and oxygen atoms in total. The minimum atomic E-state index is -0.479. The van der Waals surface area contributed by atoms with Gasteiger partial charge in [0, 0.05) is 45.6 Å². The van der Waals surface area contributed by atoms with E-state index in [-0.39, 0.29) is 0 Å². The van der Waals surface area contributed by atoms with E-state index in [1.54, 1.807) is 0 Å². The van der Waals surface area contributed by atoms with Crippen LogP contribution < -0.4 is 5.46 Å². The Bertz CT molecular complexity index is 2150. The maximum absolute atomic E-state index is 6.28. The number of furan rings is 1. The molecule has 1 fully saturated rings. The molecule has 0 N–H and O–H groups in total. The molecule has 0 amide bonds. The van der Waals surface area contributed by atoms with E-state index < -0.39 is 18.3 Å². The van der Waals surface area contributed by atoms with Crippen LogP contribution in [0.1, 0.15) is 50.8 Å². The number of para-hydroxylation sites is 1. The Hall–Kier alpha value is -4.39. The molecule has 3 aromatic heterocycles. The van der Waals surface area contributed by atoms with Crippen molar-refractivity contribution >= 4 is 45.6 Å². The van der Waals surface area contributed by atoms with Crippen LogP contribution in [0.25, 0.3) is 49.8 Å². The number of hydrogen-bond acceptors (Lipinski definition) is 4. The smallest absolute Gasteiger partial charge is 0.454 e. The van der Waals surface area contributed by atoms with Crippen molar-refractivity contribution in [1.82, 2.24) is 9.55 Å². The third-order valence-electron chi connectivity index (χ3n) is 10.0. The highest BCUT2D eigenvalue weighted by molar-refractivity contribution is 6.62. The quantitative estimate of drug-likeness (QED) is 0.204. The molecule has 9 rings (SSSR count). The molecule has 43 heavy (non-hydrogen) atoms. The van der Waals surface area contributed by atoms with Crippen LogP contribution >= 0.6 is 0 Å². The molecule has 3 aliphatic rings. The Morgan fingerprint density at radius 1 is 0.744 bits per heavy atom. The van der Waals surface area contributed by atoms with Gasteiger partial charge in [-0.2, -0.15) is 0 Å². The standard InChI is InChI=1S/C37H31BN2O3/c1-36(2)37(3,4)43-38(42-36)24-20-32-34(39-21-24)29-19-23(15-17-31(29)41-32)22-14-16-30-28(18-22)33-26-12-8-9-13-27(26)35(33)40(30)25-10-6-5-7-11-25/h5-21,26-27H,1-4H3/t26?,27-/m1/s1. The number of fused-ring (bicyclic) bond motifs is 9. The zero-order valence-corrected chi connectivity index (χ0v) is 24.7. The Balaban J connectivity index is 1.14. The van der Waals surface area contributed by atoms with Gasteiger partial charge in [0.05, 0.1) is 16.7 Å². The molecule has 3 aromatic carbocycles. The van der Waals surface area contributed by atoms with Gasteiger partial charge in [-0.15, -0.1) is 0 Å². The molecule has 1 unspecified atom stereocenters. The van der Waals surface area contributed by atoms with Crippen LogP contribution in [-0.4, -0.2) is 27.9 Å². The predicted molar refractivity (Wildman–Crippen MR) is 173 cm³/mol. The first kappa shape index (κ1) is 25.1. The van der Waals surface area contributed by atoms with Crippen LogP contribution in [0, 0.1) is 0 Å². The fourth-order valence-electron chi connectivity index (χ4n) is 7.05. The first-order chi connectivity index (χ1) is 20.8. The summed E-state index contributed by atoms with van der Waals surface area (Å²) in [5, 5.41) is 2.32. The van der Waals surface area contributed by atoms with E-state index in [9.17, 15) is 0 Å². The first-order valence-corrected chi connectivity index (χ1v) is 15.1. The number of aromatic nitrogens is 2. The minimum absolute atomic E-state index is 0.412. The SMILES string of the molecule is CC1(C)OB(c2cnc3c(c2)oc2ccc(-c4ccc5c(c4)c4c(n5-c5ccccc5)[C@@H]5C=CC=CC45)cc23)OC1(C)C. The van der Waals surface area contributed by atoms with E-state index >= 15 is 0 Å². The van der Waals surface area contributed by atoms with Crippen LogP contribution in [0.15, 0.2) is 108 Å². The van der Waals surface area contributed by atoms with Crippen LogP contribution in [0.4, 0.5) is 0 Å². The highest BCUT2D eigenvalue weighted by Gasteiger charge is 2.52. The van der Waals surface area contributed by atoms with E-state index in [1.807, 2.05) is 12.3 Å². The normalized spacial score (nSPS) is 21.4. The largest absolute Gasteiger partial charge is 0.496 e. The number of nitrogens with zero attached hydrogens (tertiary/aromatic N) is 2. The van der Waals surface area contributed by atoms with E-state index in [0.717, 1.165) is 33.1 Å². The lowest BCUT2D eigenvalue weighted by molar-refractivity contribution is 0.00578. The Labute approximate surface area is 250 Å². The molecule has 2 aliphatic carbocycles. The number of pyridine rings is 1. The average Bonchev–Trinajstić information content (AvgIpc) is 3.59. The van der Waals surface area contributed by atoms with E-state index in [0.29, 0.717) is 11.8 Å². The average molecular weight is 562 g/mol. The van der Waals surface area contributed by atoms with Gasteiger partial charge < -0.3 is 18.3 Å². The van der Waals surface area contributed by atoms with Crippen molar-refractivity contribution in [1.29, 1.82) is 0 Å². The Morgan fingerprint density at radius 2 is 1.44 bits per heavy atom. The molecule has 1 saturated heterocycles. The van der Waals surface area contributed by atoms with E-state index in [1.165, 1.54) is 33.4 Å². The van der Waals surface area contributed by atoms with Crippen molar-refractivity contribution in [3.05, 3.63) is 115 Å². The van der Waals surface area contributed by atoms with Crippen LogP contribution in [0.5, 0.6) is 0 Å². The van der Waals surface area contributed by atoms with Gasteiger partial charge in [-0.1, -0.05) is 54.6 Å². The molecule has 0 saturated carbocycles. The minimum Gasteiger partial charge on any atom is -0.454 e. The van der Waals surface area contributed by atoms with Gasteiger partial charge in [0.25, 0.3) is 0 Å². The molecule has 6 heteroatoms. The molecule has 1 aliphatic heterocycles. The van der Waals surface area contributed by atoms with Gasteiger partial charge in [0.1, 0.15) is 11.1 Å². The number of rotatable bonds is 3. The third kappa shape index (κ3) is 3.51. The van der Waals surface area contributed by atoms with Crippen molar-refractivity contribution < 1.29 is 13.7 Å². The second-order valence-corrected chi connectivity index (χ2v) is 13.0. The lowest BCUT2D eigenvalue weighted by atomic mass is 9.69. The highest BCUT2D eigenvalue weighted by atomic mass is 16.7. The molecular weight excluding hydrogens is 531 g/mol. The summed E-state index contributed by atoms with van der Waals surface area (Å²) in [5.74, 6) is 0.836. The lowest BCUT2D eigenvalue weighted by Gasteiger charge is -2.36. The monoisotopic (exact) mass is 562 g/mol. The molecule has 0 bridgehead atoms. The highest BCUT2D eigenvalue weighted by Crippen LogP contribution is 2.55. The topological polar surface area (TPSA) is 49.4 Å². The Kier molecular flexibility index (Phi) is 5.02. The summed E-state index contributed by atoms with van der Waals surface area (Å²) in [6.45, 7) is 8.24. The fourth-order valence-corrected chi connectivity index (χ4v) is 7.05. The van der Waals surface area contributed by atoms with Crippen molar-refractivity contribution in [2.24, 2.45) is 0 Å². The van der Waals surface area contributed by atoms with Crippen LogP contribution in [-0.2, 0) is 9.31 Å². The summed E-state index contributed by atoms with van der Waals surface area (Å²) in [7, 11) is -0.479. The molecule has 210 valence electrons. The second-order valence-electron chi connectivity index (χ2n) is 13.0. The van der Waals surface area contributed by atoms with Gasteiger partial charge in [0.2, 0.25) is 0 Å². The van der Waals surface area contributed by atoms with Gasteiger partial charge >= 0.3 is 7.12 Å². The number of allylic oxidation sites excluding steroid dienone is 4. The summed E-state index contributed by atoms with van der Waals surface area (Å²) in [6.07, 6.45) is 10.9. The Morgan fingerprint density at radius 3 is 2.21 bits per heavy atom. The maximum atomic E-state index is 6.28. The number of hydrogen-bond donors (Lipinski definition) is 0. The van der Waals surface area contributed by atoms with Gasteiger partial charge in [-0.05, 0) is 86.8 Å². The van der Waals surface area contributed by atoms with Crippen molar-refractivity contribution in [2.75, 3.05) is 0 Å². The molecular formula is C37H31BN2O3. The second kappa shape index (κ2) is 8.59. The van der Waals surface area contributed by atoms with Gasteiger partial charge in [0.15, 0.2) is 5.58 Å². The number of benzene rings is 3. The zero-order valence-electron chi connectivity index (χ0n) is 24.7. The maximum Gasteiger partial charge on any atom is 0.496 e. The predicted octanol–water partition coefficient (Wildman–Crippen LogP) is 8.20. The molecule has 6 aromatic rings. The summed E-state index contributed by atoms with van der Waals surface area (Å²) in [5.41, 5.74) is 10.1. The van der Waals surface area contributed by atoms with E-state index in [2.05, 4.69) is 123 Å². The van der Waals surface area contributed by atoms with E-state index in [4.69, 9.17) is 18.7 Å². The lowest BCUT2D eigenvalue weighted by Crippen LogP contribution is -2.41. The first-order valence-electron chi connectivity index (χ1n) is 15.1. The van der Waals surface area contributed by atoms with Crippen molar-refractivity contribution in [3.8, 4) is 16.8 Å². The molecule has 0 spiro atoms. The van der Waals surface area contributed by atoms with Crippen molar-refractivity contribution in [2.45, 2.75) is 50.7 Å². The summed E-state index contributed by atoms with van der Waals surface area (Å²) in [4.78, 5) is 4.84. The molecule has 4 heterocycles. The van der Waals surface area contributed by atoms with Crippen LogP contribution in [0.2, 0.25) is 0 Å². The summed E-state index contributed by atoms with van der Waals surface area (Å²) >= 11 is 0. The molecule has 2 atom stereocenters. The summed E-state index contributed by atoms with van der Waals surface area (Å²) < 4.78 is 21.2.